The minimum absolute atomic E-state index is 0.678. The zero-order chi connectivity index (χ0) is 7.84. The molecule has 0 fully saturated rings. The average Bonchev–Trinajstić information content (AvgIpc) is 2.32. The van der Waals surface area contributed by atoms with E-state index in [2.05, 4.69) is 21.0 Å². The van der Waals surface area contributed by atoms with Crippen LogP contribution in [0, 0.1) is 0 Å². The number of hydrogen-bond donors (Lipinski definition) is 0. The molecule has 2 aromatic heterocycles. The fourth-order valence-electron chi connectivity index (χ4n) is 0.928. The Kier molecular flexibility index (Phi) is 1.62. The van der Waals surface area contributed by atoms with E-state index in [1.54, 1.807) is 10.7 Å². The van der Waals surface area contributed by atoms with Crippen LogP contribution in [0.25, 0.3) is 5.52 Å². The van der Waals surface area contributed by atoms with Crippen LogP contribution >= 0.6 is 27.5 Å². The highest BCUT2D eigenvalue weighted by Gasteiger charge is 1.99. The molecule has 0 N–H and O–H groups in total. The summed E-state index contributed by atoms with van der Waals surface area (Å²) in [5.41, 5.74) is 0.926. The predicted molar refractivity (Wildman–Crippen MR) is 47.9 cm³/mol. The highest BCUT2D eigenvalue weighted by molar-refractivity contribution is 9.10. The van der Waals surface area contributed by atoms with E-state index in [9.17, 15) is 0 Å². The Morgan fingerprint density at radius 1 is 1.45 bits per heavy atom. The van der Waals surface area contributed by atoms with Gasteiger partial charge in [0.05, 0.1) is 16.7 Å². The largest absolute Gasteiger partial charge is 0.238 e. The summed E-state index contributed by atoms with van der Waals surface area (Å²) in [6, 6.07) is 3.85. The lowest BCUT2D eigenvalue weighted by Gasteiger charge is -1.92. The smallest absolute Gasteiger partial charge is 0.0864 e. The lowest BCUT2D eigenvalue weighted by Crippen LogP contribution is -1.84. The van der Waals surface area contributed by atoms with Gasteiger partial charge in [-0.2, -0.15) is 5.10 Å². The molecule has 56 valence electrons. The molecule has 0 bridgehead atoms. The Hall–Kier alpha value is -0.540. The van der Waals surface area contributed by atoms with Gasteiger partial charge in [0.1, 0.15) is 0 Å². The summed E-state index contributed by atoms with van der Waals surface area (Å²) in [6.45, 7) is 0. The van der Waals surface area contributed by atoms with Crippen LogP contribution in [0.3, 0.4) is 0 Å². The Labute approximate surface area is 76.9 Å². The summed E-state index contributed by atoms with van der Waals surface area (Å²) in [5, 5.41) is 4.71. The van der Waals surface area contributed by atoms with E-state index >= 15 is 0 Å². The molecule has 0 aromatic carbocycles. The molecule has 0 aliphatic heterocycles. The van der Waals surface area contributed by atoms with Crippen LogP contribution in [-0.2, 0) is 0 Å². The maximum Gasteiger partial charge on any atom is 0.0864 e. The standard InChI is InChI=1S/C7H4BrClN2/c8-5-1-2-7-6(9)3-10-11(7)4-5/h1-4H. The van der Waals surface area contributed by atoms with E-state index in [0.717, 1.165) is 9.99 Å². The molecular weight excluding hydrogens is 227 g/mol. The van der Waals surface area contributed by atoms with Crippen LogP contribution in [0.2, 0.25) is 5.02 Å². The molecule has 0 aliphatic rings. The Morgan fingerprint density at radius 3 is 3.09 bits per heavy atom. The maximum absolute atomic E-state index is 5.83. The van der Waals surface area contributed by atoms with Gasteiger partial charge in [-0.3, -0.25) is 0 Å². The summed E-state index contributed by atoms with van der Waals surface area (Å²) >= 11 is 9.16. The summed E-state index contributed by atoms with van der Waals surface area (Å²) < 4.78 is 2.72. The molecule has 0 saturated carbocycles. The van der Waals surface area contributed by atoms with E-state index in [0.29, 0.717) is 5.02 Å². The van der Waals surface area contributed by atoms with Gasteiger partial charge in [0.2, 0.25) is 0 Å². The van der Waals surface area contributed by atoms with Crippen LogP contribution in [0.4, 0.5) is 0 Å². The van der Waals surface area contributed by atoms with Gasteiger partial charge in [-0.25, -0.2) is 4.52 Å². The third-order valence-electron chi connectivity index (χ3n) is 1.43. The quantitative estimate of drug-likeness (QED) is 0.681. The number of hydrogen-bond acceptors (Lipinski definition) is 1. The van der Waals surface area contributed by atoms with Crippen molar-refractivity contribution in [1.29, 1.82) is 0 Å². The second-order valence-electron chi connectivity index (χ2n) is 2.17. The van der Waals surface area contributed by atoms with E-state index in [-0.39, 0.29) is 0 Å². The Bertz CT molecular complexity index is 396. The van der Waals surface area contributed by atoms with Gasteiger partial charge in [-0.1, -0.05) is 11.6 Å². The van der Waals surface area contributed by atoms with Gasteiger partial charge in [0, 0.05) is 10.7 Å². The van der Waals surface area contributed by atoms with Crippen molar-refractivity contribution < 1.29 is 0 Å². The molecule has 2 aromatic rings. The van der Waals surface area contributed by atoms with Gasteiger partial charge in [0.25, 0.3) is 0 Å². The number of nitrogens with zero attached hydrogens (tertiary/aromatic N) is 2. The van der Waals surface area contributed by atoms with Crippen molar-refractivity contribution in [2.24, 2.45) is 0 Å². The van der Waals surface area contributed by atoms with Crippen molar-refractivity contribution in [2.45, 2.75) is 0 Å². The SMILES string of the molecule is Clc1cnn2cc(Br)ccc12. The second kappa shape index (κ2) is 2.50. The van der Waals surface area contributed by atoms with Crippen LogP contribution in [0.1, 0.15) is 0 Å². The van der Waals surface area contributed by atoms with Gasteiger partial charge in [-0.05, 0) is 28.1 Å². The van der Waals surface area contributed by atoms with Crippen molar-refractivity contribution in [3.05, 3.63) is 34.0 Å². The van der Waals surface area contributed by atoms with E-state index < -0.39 is 0 Å². The first-order valence-electron chi connectivity index (χ1n) is 3.06. The molecule has 0 amide bonds. The predicted octanol–water partition coefficient (Wildman–Crippen LogP) is 2.75. The second-order valence-corrected chi connectivity index (χ2v) is 3.49. The molecule has 0 spiro atoms. The molecule has 2 rings (SSSR count). The highest BCUT2D eigenvalue weighted by atomic mass is 79.9. The van der Waals surface area contributed by atoms with Crippen molar-refractivity contribution in [1.82, 2.24) is 9.61 Å². The normalized spacial score (nSPS) is 10.7. The molecule has 11 heavy (non-hydrogen) atoms. The van der Waals surface area contributed by atoms with Crippen LogP contribution in [-0.4, -0.2) is 9.61 Å². The third kappa shape index (κ3) is 1.14. The number of rotatable bonds is 0. The van der Waals surface area contributed by atoms with Crippen LogP contribution in [0.15, 0.2) is 29.0 Å². The lowest BCUT2D eigenvalue weighted by atomic mass is 10.4. The summed E-state index contributed by atoms with van der Waals surface area (Å²) in [7, 11) is 0. The number of pyridine rings is 1. The van der Waals surface area contributed by atoms with Gasteiger partial charge in [0.15, 0.2) is 0 Å². The molecule has 0 saturated heterocycles. The molecule has 0 atom stereocenters. The maximum atomic E-state index is 5.83. The van der Waals surface area contributed by atoms with E-state index in [1.165, 1.54) is 0 Å². The minimum atomic E-state index is 0.678. The van der Waals surface area contributed by atoms with Crippen molar-refractivity contribution >= 4 is 33.0 Å². The summed E-state index contributed by atoms with van der Waals surface area (Å²) in [4.78, 5) is 0. The molecule has 4 heteroatoms. The average molecular weight is 231 g/mol. The molecule has 0 radical (unpaired) electrons. The van der Waals surface area contributed by atoms with Crippen molar-refractivity contribution in [2.75, 3.05) is 0 Å². The third-order valence-corrected chi connectivity index (χ3v) is 2.19. The van der Waals surface area contributed by atoms with Crippen LogP contribution < -0.4 is 0 Å². The van der Waals surface area contributed by atoms with Gasteiger partial charge >= 0.3 is 0 Å². The van der Waals surface area contributed by atoms with Gasteiger partial charge in [-0.15, -0.1) is 0 Å². The Morgan fingerprint density at radius 2 is 2.27 bits per heavy atom. The first kappa shape index (κ1) is 7.13. The van der Waals surface area contributed by atoms with E-state index in [1.807, 2.05) is 18.3 Å². The zero-order valence-corrected chi connectivity index (χ0v) is 7.80. The number of fused-ring (bicyclic) bond motifs is 1. The highest BCUT2D eigenvalue weighted by Crippen LogP contribution is 2.18. The fraction of sp³-hybridized carbons (Fsp3) is 0. The molecule has 0 unspecified atom stereocenters. The minimum Gasteiger partial charge on any atom is -0.238 e. The molecule has 2 heterocycles. The molecule has 2 nitrogen and oxygen atoms in total. The van der Waals surface area contributed by atoms with Crippen LogP contribution in [0.5, 0.6) is 0 Å². The molecular formula is C7H4BrClN2. The number of aromatic nitrogens is 2. The number of halogens is 2. The Balaban J connectivity index is 2.86. The lowest BCUT2D eigenvalue weighted by molar-refractivity contribution is 0.956. The topological polar surface area (TPSA) is 17.3 Å². The fourth-order valence-corrected chi connectivity index (χ4v) is 1.45. The first-order valence-corrected chi connectivity index (χ1v) is 4.23. The van der Waals surface area contributed by atoms with Gasteiger partial charge < -0.3 is 0 Å². The summed E-state index contributed by atoms with van der Waals surface area (Å²) in [6.07, 6.45) is 3.49. The van der Waals surface area contributed by atoms with Crippen molar-refractivity contribution in [3.63, 3.8) is 0 Å². The first-order chi connectivity index (χ1) is 5.27. The van der Waals surface area contributed by atoms with E-state index in [4.69, 9.17) is 11.6 Å². The monoisotopic (exact) mass is 230 g/mol. The van der Waals surface area contributed by atoms with Crippen molar-refractivity contribution in [3.8, 4) is 0 Å². The summed E-state index contributed by atoms with van der Waals surface area (Å²) in [5.74, 6) is 0. The molecule has 0 aliphatic carbocycles. The zero-order valence-electron chi connectivity index (χ0n) is 5.46.